The molecule has 1 aromatic rings. The van der Waals surface area contributed by atoms with E-state index in [1.807, 2.05) is 19.1 Å². The van der Waals surface area contributed by atoms with Crippen LogP contribution in [-0.2, 0) is 6.42 Å². The summed E-state index contributed by atoms with van der Waals surface area (Å²) >= 11 is 5.85. The number of hydrogen-bond acceptors (Lipinski definition) is 2. The van der Waals surface area contributed by atoms with Crippen molar-refractivity contribution in [2.45, 2.75) is 39.3 Å². The number of halogens is 1. The van der Waals surface area contributed by atoms with E-state index in [1.165, 1.54) is 5.56 Å². The van der Waals surface area contributed by atoms with Crippen molar-refractivity contribution in [2.24, 2.45) is 5.92 Å². The summed E-state index contributed by atoms with van der Waals surface area (Å²) in [5, 5.41) is 13.4. The highest BCUT2D eigenvalue weighted by atomic mass is 35.5. The molecule has 0 bridgehead atoms. The van der Waals surface area contributed by atoms with Crippen LogP contribution in [0.25, 0.3) is 0 Å². The fourth-order valence-corrected chi connectivity index (χ4v) is 1.93. The Morgan fingerprint density at radius 1 is 1.18 bits per heavy atom. The molecule has 0 heterocycles. The van der Waals surface area contributed by atoms with Gasteiger partial charge in [-0.2, -0.15) is 0 Å². The molecular formula is C14H22ClNO. The van der Waals surface area contributed by atoms with Gasteiger partial charge in [0, 0.05) is 23.7 Å². The Morgan fingerprint density at radius 2 is 1.76 bits per heavy atom. The zero-order valence-corrected chi connectivity index (χ0v) is 11.5. The third-order valence-electron chi connectivity index (χ3n) is 3.14. The van der Waals surface area contributed by atoms with Gasteiger partial charge in [0.05, 0.1) is 0 Å². The molecule has 1 aromatic carbocycles. The molecule has 3 unspecified atom stereocenters. The highest BCUT2D eigenvalue weighted by Crippen LogP contribution is 2.11. The molecule has 17 heavy (non-hydrogen) atoms. The van der Waals surface area contributed by atoms with Crippen LogP contribution in [0.4, 0.5) is 0 Å². The molecule has 0 aliphatic heterocycles. The van der Waals surface area contributed by atoms with Gasteiger partial charge in [-0.3, -0.25) is 0 Å². The highest BCUT2D eigenvalue weighted by Gasteiger charge is 2.13. The van der Waals surface area contributed by atoms with Crippen LogP contribution < -0.4 is 5.32 Å². The molecular weight excluding hydrogens is 234 g/mol. The van der Waals surface area contributed by atoms with E-state index in [2.05, 4.69) is 31.3 Å². The van der Waals surface area contributed by atoms with E-state index < -0.39 is 0 Å². The second-order valence-corrected chi connectivity index (χ2v) is 5.28. The van der Waals surface area contributed by atoms with E-state index in [0.29, 0.717) is 12.1 Å². The fourth-order valence-electron chi connectivity index (χ4n) is 1.80. The summed E-state index contributed by atoms with van der Waals surface area (Å²) < 4.78 is 0. The van der Waals surface area contributed by atoms with Crippen molar-refractivity contribution in [3.63, 3.8) is 0 Å². The van der Waals surface area contributed by atoms with Crippen molar-refractivity contribution in [1.82, 2.24) is 5.32 Å². The summed E-state index contributed by atoms with van der Waals surface area (Å²) in [6.07, 6.45) is 0.972. The van der Waals surface area contributed by atoms with E-state index in [0.717, 1.165) is 11.4 Å². The monoisotopic (exact) mass is 255 g/mol. The van der Waals surface area contributed by atoms with Crippen molar-refractivity contribution in [3.8, 4) is 0 Å². The maximum Gasteiger partial charge on any atom is 0.0471 e. The van der Waals surface area contributed by atoms with Crippen LogP contribution in [0, 0.1) is 5.92 Å². The van der Waals surface area contributed by atoms with Crippen LogP contribution in [0.15, 0.2) is 24.3 Å². The summed E-state index contributed by atoms with van der Waals surface area (Å²) in [7, 11) is 0. The largest absolute Gasteiger partial charge is 0.396 e. The summed E-state index contributed by atoms with van der Waals surface area (Å²) in [6, 6.07) is 8.66. The molecule has 3 atom stereocenters. The third kappa shape index (κ3) is 5.07. The fraction of sp³-hybridized carbons (Fsp3) is 0.571. The highest BCUT2D eigenvalue weighted by molar-refractivity contribution is 6.30. The zero-order valence-electron chi connectivity index (χ0n) is 10.8. The summed E-state index contributed by atoms with van der Waals surface area (Å²) in [4.78, 5) is 0. The number of rotatable bonds is 6. The van der Waals surface area contributed by atoms with Crippen LogP contribution in [-0.4, -0.2) is 23.8 Å². The van der Waals surface area contributed by atoms with E-state index in [1.54, 1.807) is 0 Å². The van der Waals surface area contributed by atoms with Gasteiger partial charge >= 0.3 is 0 Å². The average molecular weight is 256 g/mol. The Morgan fingerprint density at radius 3 is 2.29 bits per heavy atom. The second-order valence-electron chi connectivity index (χ2n) is 4.85. The second kappa shape index (κ2) is 7.00. The average Bonchev–Trinajstić information content (AvgIpc) is 2.30. The zero-order chi connectivity index (χ0) is 12.8. The van der Waals surface area contributed by atoms with Gasteiger partial charge in [-0.05, 0) is 43.9 Å². The first-order valence-electron chi connectivity index (χ1n) is 6.14. The van der Waals surface area contributed by atoms with E-state index in [-0.39, 0.29) is 12.5 Å². The Labute approximate surface area is 109 Å². The van der Waals surface area contributed by atoms with Crippen molar-refractivity contribution >= 4 is 11.6 Å². The molecule has 0 fully saturated rings. The van der Waals surface area contributed by atoms with E-state index >= 15 is 0 Å². The van der Waals surface area contributed by atoms with Crippen LogP contribution in [0.2, 0.25) is 5.02 Å². The molecule has 0 saturated heterocycles. The molecule has 2 nitrogen and oxygen atoms in total. The van der Waals surface area contributed by atoms with Gasteiger partial charge in [0.25, 0.3) is 0 Å². The summed E-state index contributed by atoms with van der Waals surface area (Å²) in [5.41, 5.74) is 1.28. The van der Waals surface area contributed by atoms with Crippen molar-refractivity contribution in [1.29, 1.82) is 0 Å². The first kappa shape index (κ1) is 14.5. The SMILES string of the molecule is CC(Cc1ccc(Cl)cc1)NC(C)C(C)CO. The van der Waals surface area contributed by atoms with E-state index in [4.69, 9.17) is 16.7 Å². The lowest BCUT2D eigenvalue weighted by atomic mass is 10.0. The molecule has 0 radical (unpaired) electrons. The molecule has 0 spiro atoms. The van der Waals surface area contributed by atoms with Gasteiger partial charge in [0.15, 0.2) is 0 Å². The maximum atomic E-state index is 9.08. The standard InChI is InChI=1S/C14H22ClNO/c1-10(9-17)12(3)16-11(2)8-13-4-6-14(15)7-5-13/h4-7,10-12,16-17H,8-9H2,1-3H3. The molecule has 0 aliphatic carbocycles. The number of aliphatic hydroxyl groups is 1. The smallest absolute Gasteiger partial charge is 0.0471 e. The Balaban J connectivity index is 2.44. The lowest BCUT2D eigenvalue weighted by molar-refractivity contribution is 0.202. The molecule has 0 amide bonds. The first-order chi connectivity index (χ1) is 8.02. The predicted octanol–water partition coefficient (Wildman–Crippen LogP) is 2.88. The molecule has 0 aromatic heterocycles. The van der Waals surface area contributed by atoms with Crippen LogP contribution in [0.3, 0.4) is 0 Å². The minimum atomic E-state index is 0.224. The van der Waals surface area contributed by atoms with Crippen molar-refractivity contribution in [2.75, 3.05) is 6.61 Å². The molecule has 0 aliphatic rings. The van der Waals surface area contributed by atoms with Gasteiger partial charge in [-0.1, -0.05) is 30.7 Å². The van der Waals surface area contributed by atoms with Gasteiger partial charge in [-0.25, -0.2) is 0 Å². The van der Waals surface area contributed by atoms with Crippen LogP contribution >= 0.6 is 11.6 Å². The maximum absolute atomic E-state index is 9.08. The number of benzene rings is 1. The number of aliphatic hydroxyl groups excluding tert-OH is 1. The third-order valence-corrected chi connectivity index (χ3v) is 3.40. The lowest BCUT2D eigenvalue weighted by Crippen LogP contribution is -2.40. The molecule has 96 valence electrons. The Bertz CT molecular complexity index is 325. The first-order valence-corrected chi connectivity index (χ1v) is 6.52. The van der Waals surface area contributed by atoms with Gasteiger partial charge in [-0.15, -0.1) is 0 Å². The summed E-state index contributed by atoms with van der Waals surface area (Å²) in [5.74, 6) is 0.280. The Hall–Kier alpha value is -0.570. The minimum Gasteiger partial charge on any atom is -0.396 e. The number of nitrogens with one attached hydrogen (secondary N) is 1. The predicted molar refractivity (Wildman–Crippen MR) is 73.5 cm³/mol. The normalized spacial score (nSPS) is 16.5. The van der Waals surface area contributed by atoms with Crippen molar-refractivity contribution < 1.29 is 5.11 Å². The van der Waals surface area contributed by atoms with Crippen LogP contribution in [0.5, 0.6) is 0 Å². The topological polar surface area (TPSA) is 32.3 Å². The van der Waals surface area contributed by atoms with Crippen molar-refractivity contribution in [3.05, 3.63) is 34.9 Å². The van der Waals surface area contributed by atoms with Gasteiger partial charge in [0.1, 0.15) is 0 Å². The Kier molecular flexibility index (Phi) is 5.96. The quantitative estimate of drug-likeness (QED) is 0.819. The van der Waals surface area contributed by atoms with Gasteiger partial charge < -0.3 is 10.4 Å². The number of hydrogen-bond donors (Lipinski definition) is 2. The molecule has 2 N–H and O–H groups in total. The van der Waals surface area contributed by atoms with Crippen LogP contribution in [0.1, 0.15) is 26.3 Å². The summed E-state index contributed by atoms with van der Waals surface area (Å²) in [6.45, 7) is 6.54. The molecule has 3 heteroatoms. The van der Waals surface area contributed by atoms with E-state index in [9.17, 15) is 0 Å². The molecule has 1 rings (SSSR count). The minimum absolute atomic E-state index is 0.224. The lowest BCUT2D eigenvalue weighted by Gasteiger charge is -2.24. The molecule has 0 saturated carbocycles. The van der Waals surface area contributed by atoms with Gasteiger partial charge in [0.2, 0.25) is 0 Å².